The molecule has 5 rings (SSSR count). The third-order valence-corrected chi connectivity index (χ3v) is 6.98. The highest BCUT2D eigenvalue weighted by Crippen LogP contribution is 2.31. The maximum Gasteiger partial charge on any atom is 0.137 e. The van der Waals surface area contributed by atoms with Crippen molar-refractivity contribution in [1.29, 1.82) is 0 Å². The molecular weight excluding hydrogens is 505 g/mol. The Labute approximate surface area is 227 Å². The molecule has 3 aromatic rings. The topological polar surface area (TPSA) is 44.7 Å². The van der Waals surface area contributed by atoms with Gasteiger partial charge in [0.1, 0.15) is 11.6 Å². The molecule has 2 saturated heterocycles. The molecule has 0 spiro atoms. The fraction of sp³-hybridized carbons (Fsp3) is 0.462. The van der Waals surface area contributed by atoms with Gasteiger partial charge in [-0.05, 0) is 43.0 Å². The third-order valence-electron chi connectivity index (χ3n) is 6.98. The fourth-order valence-electron chi connectivity index (χ4n) is 4.89. The first kappa shape index (κ1) is 29.4. The molecule has 0 radical (unpaired) electrons. The van der Waals surface area contributed by atoms with E-state index in [0.29, 0.717) is 6.10 Å². The van der Waals surface area contributed by atoms with E-state index in [1.54, 1.807) is 0 Å². The summed E-state index contributed by atoms with van der Waals surface area (Å²) in [6.45, 7) is 9.55. The van der Waals surface area contributed by atoms with Gasteiger partial charge in [-0.3, -0.25) is 0 Å². The van der Waals surface area contributed by atoms with E-state index in [2.05, 4.69) is 64.1 Å². The molecule has 0 aliphatic carbocycles. The molecule has 0 unspecified atom stereocenters. The van der Waals surface area contributed by atoms with Crippen molar-refractivity contribution >= 4 is 59.6 Å². The highest BCUT2D eigenvalue weighted by atomic mass is 35.5. The van der Waals surface area contributed by atoms with Crippen LogP contribution in [0.2, 0.25) is 0 Å². The van der Waals surface area contributed by atoms with E-state index in [-0.39, 0.29) is 37.2 Å². The Morgan fingerprint density at radius 3 is 2.23 bits per heavy atom. The number of piperidine rings is 1. The van der Waals surface area contributed by atoms with E-state index in [9.17, 15) is 0 Å². The Bertz CT molecular complexity index is 1050. The second kappa shape index (κ2) is 13.5. The van der Waals surface area contributed by atoms with Crippen molar-refractivity contribution < 1.29 is 4.74 Å². The molecule has 4 heterocycles. The number of methoxy groups -OCH3 is 1. The van der Waals surface area contributed by atoms with Crippen LogP contribution in [-0.4, -0.2) is 73.9 Å². The maximum atomic E-state index is 5.50. The van der Waals surface area contributed by atoms with Crippen LogP contribution in [0.4, 0.5) is 11.6 Å². The second-order valence-electron chi connectivity index (χ2n) is 8.80. The Balaban J connectivity index is 0.00000144. The van der Waals surface area contributed by atoms with Crippen molar-refractivity contribution in [3.05, 3.63) is 48.7 Å². The molecule has 2 fully saturated rings. The first-order chi connectivity index (χ1) is 15.7. The Morgan fingerprint density at radius 2 is 1.60 bits per heavy atom. The minimum Gasteiger partial charge on any atom is -0.381 e. The summed E-state index contributed by atoms with van der Waals surface area (Å²) < 4.78 is 5.50. The molecule has 35 heavy (non-hydrogen) atoms. The van der Waals surface area contributed by atoms with Gasteiger partial charge >= 0.3 is 0 Å². The lowest BCUT2D eigenvalue weighted by molar-refractivity contribution is 0.0818. The fourth-order valence-corrected chi connectivity index (χ4v) is 4.89. The molecule has 0 N–H and O–H groups in total. The van der Waals surface area contributed by atoms with Gasteiger partial charge < -0.3 is 19.4 Å². The summed E-state index contributed by atoms with van der Waals surface area (Å²) in [5.74, 6) is 2.14. The monoisotopic (exact) mass is 539 g/mol. The van der Waals surface area contributed by atoms with Crippen molar-refractivity contribution in [3.63, 3.8) is 0 Å². The van der Waals surface area contributed by atoms with Crippen LogP contribution in [0.5, 0.6) is 0 Å². The van der Waals surface area contributed by atoms with Crippen LogP contribution in [0.15, 0.2) is 48.7 Å². The quantitative estimate of drug-likeness (QED) is 0.436. The van der Waals surface area contributed by atoms with E-state index in [1.807, 2.05) is 13.3 Å². The number of aromatic nitrogens is 2. The van der Waals surface area contributed by atoms with Crippen molar-refractivity contribution in [2.24, 2.45) is 0 Å². The van der Waals surface area contributed by atoms with E-state index in [1.165, 1.54) is 10.8 Å². The number of anilines is 2. The Kier molecular flexibility index (Phi) is 11.3. The number of pyridine rings is 2. The van der Waals surface area contributed by atoms with Gasteiger partial charge in [0, 0.05) is 63.5 Å². The number of fused-ring (bicyclic) bond motifs is 1. The van der Waals surface area contributed by atoms with Crippen LogP contribution in [-0.2, 0) is 4.74 Å². The molecule has 1 aromatic carbocycles. The molecular formula is C26H36Cl3N5O. The molecule has 0 atom stereocenters. The predicted octanol–water partition coefficient (Wildman–Crippen LogP) is 5.32. The van der Waals surface area contributed by atoms with E-state index in [0.717, 1.165) is 81.5 Å². The highest BCUT2D eigenvalue weighted by molar-refractivity contribution is 5.95. The first-order valence-corrected chi connectivity index (χ1v) is 11.9. The van der Waals surface area contributed by atoms with Crippen LogP contribution < -0.4 is 9.80 Å². The summed E-state index contributed by atoms with van der Waals surface area (Å²) in [4.78, 5) is 17.2. The zero-order chi connectivity index (χ0) is 21.9. The minimum atomic E-state index is 0. The van der Waals surface area contributed by atoms with Crippen molar-refractivity contribution in [3.8, 4) is 11.3 Å². The second-order valence-corrected chi connectivity index (χ2v) is 8.80. The predicted molar refractivity (Wildman–Crippen MR) is 153 cm³/mol. The van der Waals surface area contributed by atoms with Gasteiger partial charge in [0.15, 0.2) is 0 Å². The number of halogens is 3. The Hall–Kier alpha value is -1.83. The number of benzene rings is 1. The molecule has 0 bridgehead atoms. The van der Waals surface area contributed by atoms with Gasteiger partial charge in [-0.1, -0.05) is 31.2 Å². The zero-order valence-corrected chi connectivity index (χ0v) is 22.9. The SMILES string of the molecule is CCN1CCN(c2nc(-c3ccc(N4CCC(OC)CC4)nc3)cc3ccccc23)CC1.Cl.Cl.Cl. The van der Waals surface area contributed by atoms with Crippen LogP contribution in [0.1, 0.15) is 19.8 Å². The largest absolute Gasteiger partial charge is 0.381 e. The zero-order valence-electron chi connectivity index (χ0n) is 20.4. The third kappa shape index (κ3) is 6.49. The minimum absolute atomic E-state index is 0. The molecule has 2 aliphatic rings. The van der Waals surface area contributed by atoms with Crippen LogP contribution >= 0.6 is 37.2 Å². The van der Waals surface area contributed by atoms with E-state index < -0.39 is 0 Å². The van der Waals surface area contributed by atoms with Crippen molar-refractivity contribution in [1.82, 2.24) is 14.9 Å². The standard InChI is InChI=1S/C26H33N5O.3ClH/c1-3-29-14-16-31(17-15-29)26-23-7-5-4-6-20(23)18-24(28-26)21-8-9-25(27-19-21)30-12-10-22(32-2)11-13-30;;;/h4-9,18-19,22H,3,10-17H2,1-2H3;3*1H. The average Bonchev–Trinajstić information content (AvgIpc) is 2.88. The highest BCUT2D eigenvalue weighted by Gasteiger charge is 2.21. The molecule has 192 valence electrons. The Morgan fingerprint density at radius 1 is 0.886 bits per heavy atom. The number of hydrogen-bond acceptors (Lipinski definition) is 6. The molecule has 2 aromatic heterocycles. The van der Waals surface area contributed by atoms with Gasteiger partial charge in [0.2, 0.25) is 0 Å². The molecule has 9 heteroatoms. The number of hydrogen-bond donors (Lipinski definition) is 0. The molecule has 2 aliphatic heterocycles. The molecule has 6 nitrogen and oxygen atoms in total. The maximum absolute atomic E-state index is 5.50. The number of nitrogens with zero attached hydrogens (tertiary/aromatic N) is 5. The van der Waals surface area contributed by atoms with Crippen LogP contribution in [0.3, 0.4) is 0 Å². The summed E-state index contributed by atoms with van der Waals surface area (Å²) in [6.07, 6.45) is 4.47. The van der Waals surface area contributed by atoms with Gasteiger partial charge in [-0.2, -0.15) is 0 Å². The van der Waals surface area contributed by atoms with Crippen LogP contribution in [0.25, 0.3) is 22.0 Å². The van der Waals surface area contributed by atoms with Gasteiger partial charge in [-0.25, -0.2) is 9.97 Å². The lowest BCUT2D eigenvalue weighted by Gasteiger charge is -2.35. The summed E-state index contributed by atoms with van der Waals surface area (Å²) in [6, 6.07) is 15.1. The molecule has 0 saturated carbocycles. The lowest BCUT2D eigenvalue weighted by atomic mass is 10.1. The normalized spacial score (nSPS) is 16.9. The van der Waals surface area contributed by atoms with Crippen molar-refractivity contribution in [2.45, 2.75) is 25.9 Å². The summed E-state index contributed by atoms with van der Waals surface area (Å²) in [7, 11) is 1.81. The molecule has 0 amide bonds. The number of piperazine rings is 1. The summed E-state index contributed by atoms with van der Waals surface area (Å²) in [5.41, 5.74) is 2.06. The average molecular weight is 541 g/mol. The van der Waals surface area contributed by atoms with Crippen molar-refractivity contribution in [2.75, 3.05) is 62.7 Å². The number of rotatable bonds is 5. The summed E-state index contributed by atoms with van der Waals surface area (Å²) in [5, 5.41) is 2.46. The summed E-state index contributed by atoms with van der Waals surface area (Å²) >= 11 is 0. The van der Waals surface area contributed by atoms with E-state index in [4.69, 9.17) is 14.7 Å². The van der Waals surface area contributed by atoms with Gasteiger partial charge in [-0.15, -0.1) is 37.2 Å². The lowest BCUT2D eigenvalue weighted by Crippen LogP contribution is -2.46. The number of ether oxygens (including phenoxy) is 1. The van der Waals surface area contributed by atoms with Gasteiger partial charge in [0.25, 0.3) is 0 Å². The van der Waals surface area contributed by atoms with E-state index >= 15 is 0 Å². The smallest absolute Gasteiger partial charge is 0.137 e. The van der Waals surface area contributed by atoms with Crippen LogP contribution in [0, 0.1) is 0 Å². The first-order valence-electron chi connectivity index (χ1n) is 11.9. The number of likely N-dealkylation sites (N-methyl/N-ethyl adjacent to an activating group) is 1. The van der Waals surface area contributed by atoms with Gasteiger partial charge in [0.05, 0.1) is 11.8 Å².